The van der Waals surface area contributed by atoms with Crippen LogP contribution in [0.2, 0.25) is 0 Å². The number of ketones is 1. The van der Waals surface area contributed by atoms with Crippen LogP contribution in [0.1, 0.15) is 133 Å². The van der Waals surface area contributed by atoms with Gasteiger partial charge in [-0.2, -0.15) is 43.4 Å². The predicted octanol–water partition coefficient (Wildman–Crippen LogP) is 20.6. The average Bonchev–Trinajstić information content (AvgIpc) is 0.802. The molecule has 656 valence electrons. The van der Waals surface area contributed by atoms with Gasteiger partial charge in [0.1, 0.15) is 63.6 Å². The highest BCUT2D eigenvalue weighted by Gasteiger charge is 2.32. The molecule has 5 heterocycles. The average molecular weight is 1760 g/mol. The number of nitrogens with one attached hydrogen (secondary N) is 2. The van der Waals surface area contributed by atoms with Crippen LogP contribution in [0, 0.1) is 0 Å². The van der Waals surface area contributed by atoms with E-state index in [-0.39, 0.29) is 70.7 Å². The number of carbonyl (C=O) groups is 4. The number of nitrogen functional groups attached to an aromatic ring is 5. The fourth-order valence-corrected chi connectivity index (χ4v) is 11.6. The van der Waals surface area contributed by atoms with Gasteiger partial charge >= 0.3 is 24.5 Å². The lowest BCUT2D eigenvalue weighted by atomic mass is 10.0. The number of aromatic carboxylic acids is 1. The maximum absolute atomic E-state index is 12.8. The molecule has 36 heteroatoms. The third kappa shape index (κ3) is 28.6. The molecule has 0 spiro atoms. The Labute approximate surface area is 719 Å². The van der Waals surface area contributed by atoms with Crippen LogP contribution < -0.4 is 65.1 Å². The van der Waals surface area contributed by atoms with Crippen molar-refractivity contribution in [1.82, 2.24) is 35.6 Å². The zero-order chi connectivity index (χ0) is 92.6. The second-order valence-electron chi connectivity index (χ2n) is 26.6. The summed E-state index contributed by atoms with van der Waals surface area (Å²) in [6, 6.07) is 60.8. The fraction of sp³-hybridized carbons (Fsp3) is 0.133. The lowest BCUT2D eigenvalue weighted by molar-refractivity contribution is -0.138. The highest BCUT2D eigenvalue weighted by atomic mass is 32.2. The van der Waals surface area contributed by atoms with Crippen LogP contribution in [0.3, 0.4) is 0 Å². The molecule has 14 rings (SSSR count). The SMILES string of the molecule is C/C(=N\O)c1cccnc1N.CC(=O)c1cccnc1N.CC(N)c1cccnc1N.CC(NC(=O)c1ccc2c(Oc3ccc(C(F)(F)F)cc3)cccc2c1)c1cccnc1N.CSF.C[C@H](NC(=O)c1ccc2c(Oc3ccc(C(F)(F)F)cc3)cccc2c1)c1cccnc1N.NO.O=C(O)c1ccc2c(Oc3ccc(C(F)(F)F)cc3)cccc2c1. The van der Waals surface area contributed by atoms with Crippen molar-refractivity contribution in [3.05, 3.63) is 335 Å². The number of hydrogen-bond acceptors (Lipinski definition) is 23. The lowest BCUT2D eigenvalue weighted by Crippen LogP contribution is -2.27. The molecular formula is C90H85F10N15O10S. The maximum atomic E-state index is 12.8. The first-order valence-electron chi connectivity index (χ1n) is 37.3. The molecule has 9 aromatic carbocycles. The number of Topliss-reactive ketones (excluding diaryl/α,β-unsaturated/α-hetero) is 1. The van der Waals surface area contributed by atoms with Crippen molar-refractivity contribution >= 4 is 103 Å². The van der Waals surface area contributed by atoms with Gasteiger partial charge in [0.25, 0.3) is 11.8 Å². The van der Waals surface area contributed by atoms with Gasteiger partial charge in [-0.25, -0.2) is 35.6 Å². The van der Waals surface area contributed by atoms with Crippen LogP contribution in [0.15, 0.2) is 279 Å². The van der Waals surface area contributed by atoms with Gasteiger partial charge in [0.15, 0.2) is 5.78 Å². The minimum absolute atomic E-state index is 0.0336. The molecule has 14 aromatic rings. The second-order valence-corrected chi connectivity index (χ2v) is 26.9. The highest BCUT2D eigenvalue weighted by Crippen LogP contribution is 2.39. The normalized spacial score (nSPS) is 11.6. The molecule has 0 saturated carbocycles. The Kier molecular flexibility index (Phi) is 36.0. The van der Waals surface area contributed by atoms with E-state index in [0.717, 1.165) is 74.6 Å². The number of carboxylic acid groups (broad SMARTS) is 1. The van der Waals surface area contributed by atoms with Gasteiger partial charge in [-0.15, -0.1) is 0 Å². The van der Waals surface area contributed by atoms with Crippen molar-refractivity contribution in [2.75, 3.05) is 34.9 Å². The fourth-order valence-electron chi connectivity index (χ4n) is 11.6. The Morgan fingerprint density at radius 2 is 0.690 bits per heavy atom. The van der Waals surface area contributed by atoms with E-state index in [4.69, 9.17) is 64.1 Å². The first-order chi connectivity index (χ1) is 59.9. The number of anilines is 5. The number of aromatic nitrogens is 5. The number of fused-ring (bicyclic) bond motifs is 3. The summed E-state index contributed by atoms with van der Waals surface area (Å²) in [6.07, 6.45) is -3.87. The highest BCUT2D eigenvalue weighted by molar-refractivity contribution is 7.93. The standard InChI is InChI=1S/2C25H20F3N3O2.C18H11F3O3.C7H9N3O.C7H11N3.C7H8N2O.CH3FS.H3NO/c2*1-15(20-5-3-13-30-23(20)29)31-24(32)17-7-12-21-16(14-17)4-2-6-22(21)33-19-10-8-18(9-11-19)25(26,27)28;19-18(20,21)13-5-7-14(8-6-13)24-16-3-1-2-11-10-12(17(22)23)4-9-15(11)16;1-5(10-11)6-3-2-4-9-7(6)8;1-5(8)6-3-2-4-10-7(6)9;1-5(10)6-3-2-4-9-7(6)8;1-3-2;1-2/h2*2-15H,1H3,(H2,29,30)(H,31,32);1-10H,(H,22,23);2-4,11H,1H3,(H2,8,9);2-5H,8H2,1H3,(H2,9,10);2-4H,1H3,(H2,8,9);1H3;2H,1H2/b;;;10-5+;;;;/t15-;;;;;;;/m0......./s1. The van der Waals surface area contributed by atoms with E-state index in [0.29, 0.717) is 85.1 Å². The number of benzene rings is 9. The number of carboxylic acids is 1. The number of pyridine rings is 5. The molecule has 0 aliphatic carbocycles. The van der Waals surface area contributed by atoms with Gasteiger partial charge in [-0.05, 0) is 239 Å². The summed E-state index contributed by atoms with van der Waals surface area (Å²) >= 11 is 0.250. The predicted molar refractivity (Wildman–Crippen MR) is 466 cm³/mol. The largest absolute Gasteiger partial charge is 0.478 e. The molecule has 5 aromatic heterocycles. The second kappa shape index (κ2) is 46.3. The molecule has 0 fully saturated rings. The lowest BCUT2D eigenvalue weighted by Gasteiger charge is -2.16. The van der Waals surface area contributed by atoms with Crippen molar-refractivity contribution in [2.24, 2.45) is 16.8 Å². The molecular weight excluding hydrogens is 1670 g/mol. The van der Waals surface area contributed by atoms with Gasteiger partial charge in [0, 0.05) is 105 Å². The molecule has 19 N–H and O–H groups in total. The molecule has 0 aliphatic heterocycles. The summed E-state index contributed by atoms with van der Waals surface area (Å²) in [7, 11) is 0. The van der Waals surface area contributed by atoms with Crippen molar-refractivity contribution in [2.45, 2.75) is 71.3 Å². The van der Waals surface area contributed by atoms with Crippen molar-refractivity contribution in [3.8, 4) is 34.5 Å². The molecule has 3 atom stereocenters. The van der Waals surface area contributed by atoms with Crippen LogP contribution in [0.5, 0.6) is 34.5 Å². The van der Waals surface area contributed by atoms with E-state index < -0.39 is 41.2 Å². The summed E-state index contributed by atoms with van der Waals surface area (Å²) in [5.41, 5.74) is 36.6. The Morgan fingerprint density at radius 3 is 0.952 bits per heavy atom. The minimum Gasteiger partial charge on any atom is -0.478 e. The molecule has 0 bridgehead atoms. The van der Waals surface area contributed by atoms with Crippen LogP contribution in [-0.2, 0) is 18.5 Å². The molecule has 0 aliphatic rings. The van der Waals surface area contributed by atoms with Gasteiger partial charge in [0.2, 0.25) is 0 Å². The van der Waals surface area contributed by atoms with E-state index in [1.54, 1.807) is 171 Å². The molecule has 25 nitrogen and oxygen atoms in total. The monoisotopic (exact) mass is 1760 g/mol. The van der Waals surface area contributed by atoms with Crippen molar-refractivity contribution in [1.29, 1.82) is 0 Å². The van der Waals surface area contributed by atoms with E-state index in [1.165, 1.54) is 61.7 Å². The number of alkyl halides is 9. The van der Waals surface area contributed by atoms with Crippen molar-refractivity contribution < 1.29 is 92.3 Å². The van der Waals surface area contributed by atoms with Gasteiger partial charge in [0.05, 0.1) is 45.6 Å². The number of hydrogen-bond donors (Lipinski definition) is 12. The number of nitrogens with two attached hydrogens (primary N) is 7. The Balaban J connectivity index is 0.000000218. The Morgan fingerprint density at radius 1 is 0.405 bits per heavy atom. The maximum Gasteiger partial charge on any atom is 0.416 e. The molecule has 0 radical (unpaired) electrons. The van der Waals surface area contributed by atoms with Gasteiger partial charge < -0.3 is 74.8 Å². The zero-order valence-corrected chi connectivity index (χ0v) is 68.6. The van der Waals surface area contributed by atoms with Gasteiger partial charge in [-0.1, -0.05) is 59.8 Å². The van der Waals surface area contributed by atoms with E-state index in [2.05, 4.69) is 46.6 Å². The smallest absolute Gasteiger partial charge is 0.416 e. The summed E-state index contributed by atoms with van der Waals surface area (Å²) in [4.78, 5) is 66.9. The summed E-state index contributed by atoms with van der Waals surface area (Å²) in [5.74, 6) is 5.96. The first kappa shape index (κ1) is 98.1. The zero-order valence-electron chi connectivity index (χ0n) is 67.8. The van der Waals surface area contributed by atoms with Crippen molar-refractivity contribution in [3.63, 3.8) is 0 Å². The van der Waals surface area contributed by atoms with Crippen LogP contribution in [0.4, 0.5) is 72.5 Å². The molecule has 2 amide bonds. The number of rotatable bonds is 16. The van der Waals surface area contributed by atoms with E-state index in [1.807, 2.05) is 45.0 Å². The third-order valence-electron chi connectivity index (χ3n) is 17.8. The number of carbonyl (C=O) groups excluding carboxylic acids is 3. The third-order valence-corrected chi connectivity index (χ3v) is 17.8. The number of amides is 2. The first-order valence-corrected chi connectivity index (χ1v) is 38.4. The van der Waals surface area contributed by atoms with Crippen LogP contribution in [0.25, 0.3) is 32.3 Å². The summed E-state index contributed by atoms with van der Waals surface area (Å²) in [5, 5.41) is 37.0. The minimum atomic E-state index is -4.41. The summed E-state index contributed by atoms with van der Waals surface area (Å²) in [6.45, 7) is 8.65. The van der Waals surface area contributed by atoms with E-state index >= 15 is 0 Å². The molecule has 2 unspecified atom stereocenters. The van der Waals surface area contributed by atoms with E-state index in [9.17, 15) is 62.6 Å². The topological polar surface area (TPSA) is 440 Å². The molecule has 0 saturated heterocycles. The molecule has 126 heavy (non-hydrogen) atoms. The number of oxime groups is 1. The summed E-state index contributed by atoms with van der Waals surface area (Å²) < 4.78 is 142. The Bertz CT molecular complexity index is 5820. The van der Waals surface area contributed by atoms with Crippen LogP contribution in [-0.4, -0.2) is 76.0 Å². The van der Waals surface area contributed by atoms with Crippen LogP contribution >= 0.6 is 12.1 Å². The Hall–Kier alpha value is -15.0. The number of halogens is 10. The van der Waals surface area contributed by atoms with Gasteiger partial charge in [-0.3, -0.25) is 14.4 Å². The quantitative estimate of drug-likeness (QED) is 0.0140. The number of ether oxygens (including phenoxy) is 3. The number of nitrogens with zero attached hydrogens (tertiary/aromatic N) is 6.